The Balaban J connectivity index is 0.00000341. The molecule has 1 saturated heterocycles. The Kier molecular flexibility index (Phi) is 9.83. The van der Waals surface area contributed by atoms with Crippen LogP contribution in [0.4, 0.5) is 5.69 Å². The molecular formula is C22H29IN4O4. The second-order valence-electron chi connectivity index (χ2n) is 7.05. The van der Waals surface area contributed by atoms with E-state index in [2.05, 4.69) is 20.5 Å². The monoisotopic (exact) mass is 540 g/mol. The fourth-order valence-electron chi connectivity index (χ4n) is 3.46. The van der Waals surface area contributed by atoms with Gasteiger partial charge in [-0.05, 0) is 49.6 Å². The van der Waals surface area contributed by atoms with E-state index in [1.165, 1.54) is 6.26 Å². The van der Waals surface area contributed by atoms with Crippen molar-refractivity contribution in [3.8, 4) is 0 Å². The first-order chi connectivity index (χ1) is 14.6. The smallest absolute Gasteiger partial charge is 0.309 e. The van der Waals surface area contributed by atoms with E-state index in [9.17, 15) is 9.59 Å². The summed E-state index contributed by atoms with van der Waals surface area (Å²) in [5.74, 6) is 0.639. The number of furan rings is 1. The molecular weight excluding hydrogens is 511 g/mol. The van der Waals surface area contributed by atoms with Crippen LogP contribution in [0.1, 0.15) is 35.9 Å². The van der Waals surface area contributed by atoms with Crippen molar-refractivity contribution in [2.24, 2.45) is 10.9 Å². The third-order valence-electron chi connectivity index (χ3n) is 5.01. The van der Waals surface area contributed by atoms with Gasteiger partial charge in [0.15, 0.2) is 11.7 Å². The van der Waals surface area contributed by atoms with Gasteiger partial charge in [-0.15, -0.1) is 24.0 Å². The summed E-state index contributed by atoms with van der Waals surface area (Å²) in [5.41, 5.74) is 1.70. The summed E-state index contributed by atoms with van der Waals surface area (Å²) in [5, 5.41) is 6.19. The van der Waals surface area contributed by atoms with Crippen LogP contribution in [0, 0.1) is 5.92 Å². The fraction of sp³-hybridized carbons (Fsp3) is 0.409. The standard InChI is InChI=1S/C22H28N4O4.HI/c1-3-29-21(28)17-9-11-26(12-10-17)22(23-2)24-15-16-6-4-7-18(14-16)25-20(27)19-8-5-13-30-19;/h4-8,13-14,17H,3,9-12,15H2,1-2H3,(H,23,24)(H,25,27);1H. The first kappa shape index (κ1) is 24.7. The number of nitrogens with one attached hydrogen (secondary N) is 2. The van der Waals surface area contributed by atoms with E-state index >= 15 is 0 Å². The number of ether oxygens (including phenoxy) is 1. The lowest BCUT2D eigenvalue weighted by atomic mass is 9.97. The number of carbonyl (C=O) groups is 2. The molecule has 0 saturated carbocycles. The molecule has 1 aromatic heterocycles. The van der Waals surface area contributed by atoms with Crippen molar-refractivity contribution >= 4 is 47.5 Å². The van der Waals surface area contributed by atoms with Gasteiger partial charge in [-0.1, -0.05) is 12.1 Å². The van der Waals surface area contributed by atoms with Crippen LogP contribution in [0.3, 0.4) is 0 Å². The number of anilines is 1. The van der Waals surface area contributed by atoms with Crippen molar-refractivity contribution in [3.05, 3.63) is 54.0 Å². The van der Waals surface area contributed by atoms with E-state index in [0.29, 0.717) is 18.8 Å². The number of guanidine groups is 1. The van der Waals surface area contributed by atoms with Gasteiger partial charge in [0.1, 0.15) is 0 Å². The predicted molar refractivity (Wildman–Crippen MR) is 130 cm³/mol. The highest BCUT2D eigenvalue weighted by atomic mass is 127. The molecule has 2 N–H and O–H groups in total. The Morgan fingerprint density at radius 1 is 1.23 bits per heavy atom. The number of rotatable bonds is 6. The highest BCUT2D eigenvalue weighted by molar-refractivity contribution is 14.0. The van der Waals surface area contributed by atoms with Crippen molar-refractivity contribution in [1.29, 1.82) is 0 Å². The second kappa shape index (κ2) is 12.3. The van der Waals surface area contributed by atoms with Crippen molar-refractivity contribution < 1.29 is 18.7 Å². The molecule has 1 fully saturated rings. The topological polar surface area (TPSA) is 96.2 Å². The number of carbonyl (C=O) groups excluding carboxylic acids is 2. The summed E-state index contributed by atoms with van der Waals surface area (Å²) >= 11 is 0. The predicted octanol–water partition coefficient (Wildman–Crippen LogP) is 3.50. The number of benzene rings is 1. The Bertz CT molecular complexity index is 877. The SMILES string of the molecule is CCOC(=O)C1CCN(C(=NC)NCc2cccc(NC(=O)c3ccco3)c2)CC1.I. The third kappa shape index (κ3) is 6.98. The Hall–Kier alpha value is -2.56. The Morgan fingerprint density at radius 2 is 2.00 bits per heavy atom. The summed E-state index contributed by atoms with van der Waals surface area (Å²) in [4.78, 5) is 30.6. The van der Waals surface area contributed by atoms with Gasteiger partial charge < -0.3 is 24.7 Å². The average molecular weight is 540 g/mol. The zero-order chi connectivity index (χ0) is 21.3. The quantitative estimate of drug-likeness (QED) is 0.252. The normalized spacial score (nSPS) is 14.5. The largest absolute Gasteiger partial charge is 0.466 e. The molecule has 0 atom stereocenters. The molecule has 8 nitrogen and oxygen atoms in total. The minimum absolute atomic E-state index is 0. The molecule has 1 aliphatic rings. The molecule has 1 aromatic carbocycles. The summed E-state index contributed by atoms with van der Waals surface area (Å²) in [6.07, 6.45) is 2.98. The lowest BCUT2D eigenvalue weighted by molar-refractivity contribution is -0.149. The minimum Gasteiger partial charge on any atom is -0.466 e. The summed E-state index contributed by atoms with van der Waals surface area (Å²) in [7, 11) is 1.75. The number of hydrogen-bond donors (Lipinski definition) is 2. The molecule has 31 heavy (non-hydrogen) atoms. The van der Waals surface area contributed by atoms with Crippen molar-refractivity contribution in [3.63, 3.8) is 0 Å². The number of amides is 1. The van der Waals surface area contributed by atoms with Crippen LogP contribution in [0.2, 0.25) is 0 Å². The zero-order valence-electron chi connectivity index (χ0n) is 17.8. The number of esters is 1. The number of nitrogens with zero attached hydrogens (tertiary/aromatic N) is 2. The molecule has 0 unspecified atom stereocenters. The number of halogens is 1. The van der Waals surface area contributed by atoms with Crippen molar-refractivity contribution in [1.82, 2.24) is 10.2 Å². The van der Waals surface area contributed by atoms with Gasteiger partial charge in [0.05, 0.1) is 18.8 Å². The van der Waals surface area contributed by atoms with Crippen LogP contribution in [-0.4, -0.2) is 49.5 Å². The molecule has 3 rings (SSSR count). The van der Waals surface area contributed by atoms with Gasteiger partial charge in [0.2, 0.25) is 0 Å². The summed E-state index contributed by atoms with van der Waals surface area (Å²) in [6, 6.07) is 10.9. The summed E-state index contributed by atoms with van der Waals surface area (Å²) in [6.45, 7) is 4.32. The van der Waals surface area contributed by atoms with E-state index in [-0.39, 0.29) is 47.5 Å². The molecule has 0 aliphatic carbocycles. The molecule has 0 bridgehead atoms. The van der Waals surface area contributed by atoms with Crippen LogP contribution >= 0.6 is 24.0 Å². The highest BCUT2D eigenvalue weighted by Crippen LogP contribution is 2.19. The van der Waals surface area contributed by atoms with Gasteiger partial charge in [0, 0.05) is 32.4 Å². The number of aliphatic imine (C=N–C) groups is 1. The van der Waals surface area contributed by atoms with E-state index in [4.69, 9.17) is 9.15 Å². The fourth-order valence-corrected chi connectivity index (χ4v) is 3.46. The number of hydrogen-bond acceptors (Lipinski definition) is 5. The lowest BCUT2D eigenvalue weighted by Crippen LogP contribution is -2.46. The lowest BCUT2D eigenvalue weighted by Gasteiger charge is -2.33. The van der Waals surface area contributed by atoms with E-state index < -0.39 is 0 Å². The van der Waals surface area contributed by atoms with Crippen molar-refractivity contribution in [2.45, 2.75) is 26.3 Å². The van der Waals surface area contributed by atoms with Crippen LogP contribution < -0.4 is 10.6 Å². The maximum Gasteiger partial charge on any atom is 0.309 e. The number of piperidine rings is 1. The molecule has 9 heteroatoms. The van der Waals surface area contributed by atoms with Gasteiger partial charge in [0.25, 0.3) is 5.91 Å². The molecule has 2 heterocycles. The van der Waals surface area contributed by atoms with Crippen molar-refractivity contribution in [2.75, 3.05) is 32.1 Å². The van der Waals surface area contributed by atoms with Crippen LogP contribution in [0.5, 0.6) is 0 Å². The van der Waals surface area contributed by atoms with E-state index in [1.807, 2.05) is 31.2 Å². The molecule has 2 aromatic rings. The molecule has 0 radical (unpaired) electrons. The first-order valence-corrected chi connectivity index (χ1v) is 10.2. The number of likely N-dealkylation sites (tertiary alicyclic amines) is 1. The first-order valence-electron chi connectivity index (χ1n) is 10.2. The highest BCUT2D eigenvalue weighted by Gasteiger charge is 2.27. The van der Waals surface area contributed by atoms with Crippen LogP contribution in [0.25, 0.3) is 0 Å². The maximum absolute atomic E-state index is 12.1. The van der Waals surface area contributed by atoms with Gasteiger partial charge in [-0.2, -0.15) is 0 Å². The molecule has 1 amide bonds. The second-order valence-corrected chi connectivity index (χ2v) is 7.05. The molecule has 1 aliphatic heterocycles. The Morgan fingerprint density at radius 3 is 2.65 bits per heavy atom. The van der Waals surface area contributed by atoms with Gasteiger partial charge >= 0.3 is 5.97 Å². The third-order valence-corrected chi connectivity index (χ3v) is 5.01. The Labute approximate surface area is 199 Å². The van der Waals surface area contributed by atoms with Crippen LogP contribution in [0.15, 0.2) is 52.1 Å². The summed E-state index contributed by atoms with van der Waals surface area (Å²) < 4.78 is 10.3. The van der Waals surface area contributed by atoms with E-state index in [1.54, 1.807) is 19.2 Å². The van der Waals surface area contributed by atoms with Gasteiger partial charge in [-0.25, -0.2) is 0 Å². The average Bonchev–Trinajstić information content (AvgIpc) is 3.30. The minimum atomic E-state index is -0.287. The van der Waals surface area contributed by atoms with Crippen LogP contribution in [-0.2, 0) is 16.1 Å². The zero-order valence-corrected chi connectivity index (χ0v) is 20.1. The maximum atomic E-state index is 12.1. The molecule has 0 spiro atoms. The molecule has 168 valence electrons. The van der Waals surface area contributed by atoms with Gasteiger partial charge in [-0.3, -0.25) is 14.6 Å². The van der Waals surface area contributed by atoms with E-state index in [0.717, 1.165) is 37.5 Å².